The molecule has 1 aliphatic rings. The van der Waals surface area contributed by atoms with Crippen molar-refractivity contribution in [3.63, 3.8) is 0 Å². The SMILES string of the molecule is C1CC1.COc1ccc(NC(=O)S)cn1. The number of hydrogen-bond acceptors (Lipinski definition) is 3. The second-order valence-corrected chi connectivity index (χ2v) is 3.49. The first-order chi connectivity index (χ1) is 7.22. The molecule has 0 aliphatic heterocycles. The summed E-state index contributed by atoms with van der Waals surface area (Å²) < 4.78 is 4.83. The standard InChI is InChI=1S/C7H8N2O2S.C3H6/c1-11-6-3-2-5(4-8-6)9-7(10)12;1-2-3-1/h2-4H,1H3,(H2,9,10,12);1-3H2. The highest BCUT2D eigenvalue weighted by molar-refractivity contribution is 7.96. The molecule has 0 saturated heterocycles. The van der Waals surface area contributed by atoms with Crippen LogP contribution in [0.25, 0.3) is 0 Å². The molecule has 0 atom stereocenters. The Morgan fingerprint density at radius 2 is 2.13 bits per heavy atom. The first kappa shape index (κ1) is 11.8. The van der Waals surface area contributed by atoms with Crippen LogP contribution in [0.3, 0.4) is 0 Å². The molecule has 82 valence electrons. The highest BCUT2D eigenvalue weighted by atomic mass is 32.1. The molecule has 1 saturated carbocycles. The van der Waals surface area contributed by atoms with Crippen molar-refractivity contribution in [2.24, 2.45) is 0 Å². The van der Waals surface area contributed by atoms with E-state index in [1.807, 2.05) is 0 Å². The van der Waals surface area contributed by atoms with Crippen molar-refractivity contribution >= 4 is 23.6 Å². The van der Waals surface area contributed by atoms with Gasteiger partial charge in [0, 0.05) is 6.07 Å². The zero-order chi connectivity index (χ0) is 11.1. The monoisotopic (exact) mass is 226 g/mol. The van der Waals surface area contributed by atoms with E-state index in [9.17, 15) is 4.79 Å². The van der Waals surface area contributed by atoms with Crippen LogP contribution < -0.4 is 10.1 Å². The average Bonchev–Trinajstić information content (AvgIpc) is 3.05. The van der Waals surface area contributed by atoms with E-state index in [0.717, 1.165) is 0 Å². The Labute approximate surface area is 94.5 Å². The summed E-state index contributed by atoms with van der Waals surface area (Å²) in [5, 5.41) is 2.05. The molecule has 0 spiro atoms. The van der Waals surface area contributed by atoms with Gasteiger partial charge in [-0.25, -0.2) is 4.98 Å². The largest absolute Gasteiger partial charge is 0.481 e. The normalized spacial score (nSPS) is 12.1. The van der Waals surface area contributed by atoms with E-state index in [4.69, 9.17) is 4.74 Å². The lowest BCUT2D eigenvalue weighted by atomic mass is 10.4. The van der Waals surface area contributed by atoms with Crippen molar-refractivity contribution in [3.8, 4) is 5.88 Å². The fraction of sp³-hybridized carbons (Fsp3) is 0.400. The lowest BCUT2D eigenvalue weighted by molar-refractivity contribution is 0.270. The van der Waals surface area contributed by atoms with Crippen LogP contribution in [0.15, 0.2) is 18.3 Å². The quantitative estimate of drug-likeness (QED) is 0.762. The molecule has 0 radical (unpaired) electrons. The smallest absolute Gasteiger partial charge is 0.280 e. The van der Waals surface area contributed by atoms with E-state index in [0.29, 0.717) is 11.6 Å². The number of anilines is 1. The topological polar surface area (TPSA) is 51.2 Å². The van der Waals surface area contributed by atoms with Gasteiger partial charge in [0.15, 0.2) is 0 Å². The van der Waals surface area contributed by atoms with Crippen LogP contribution in [0.5, 0.6) is 5.88 Å². The molecule has 4 nitrogen and oxygen atoms in total. The van der Waals surface area contributed by atoms with Crippen LogP contribution in [0.4, 0.5) is 10.5 Å². The lowest BCUT2D eigenvalue weighted by Gasteiger charge is -2.01. The van der Waals surface area contributed by atoms with E-state index in [-0.39, 0.29) is 0 Å². The number of carbonyl (C=O) groups excluding carboxylic acids is 1. The minimum atomic E-state index is -0.415. The number of carbonyl (C=O) groups is 1. The molecule has 0 unspecified atom stereocenters. The summed E-state index contributed by atoms with van der Waals surface area (Å²) in [6.45, 7) is 0. The Balaban J connectivity index is 0.000000319. The molecule has 1 aromatic rings. The molecule has 0 aromatic carbocycles. The zero-order valence-corrected chi connectivity index (χ0v) is 9.46. The molecule has 1 fully saturated rings. The van der Waals surface area contributed by atoms with E-state index in [1.54, 1.807) is 12.1 Å². The maximum atomic E-state index is 10.5. The fourth-order valence-electron chi connectivity index (χ4n) is 0.698. The van der Waals surface area contributed by atoms with Crippen molar-refractivity contribution in [1.29, 1.82) is 0 Å². The second-order valence-electron chi connectivity index (χ2n) is 3.08. The Kier molecular flexibility index (Phi) is 4.97. The van der Waals surface area contributed by atoms with Crippen molar-refractivity contribution in [2.45, 2.75) is 19.3 Å². The van der Waals surface area contributed by atoms with Crippen molar-refractivity contribution in [1.82, 2.24) is 4.98 Å². The van der Waals surface area contributed by atoms with Crippen molar-refractivity contribution < 1.29 is 9.53 Å². The third-order valence-electron chi connectivity index (χ3n) is 1.55. The van der Waals surface area contributed by atoms with Gasteiger partial charge in [-0.2, -0.15) is 0 Å². The fourth-order valence-corrected chi connectivity index (χ4v) is 0.828. The van der Waals surface area contributed by atoms with Crippen LogP contribution in [0.1, 0.15) is 19.3 Å². The maximum absolute atomic E-state index is 10.5. The number of pyridine rings is 1. The van der Waals surface area contributed by atoms with Gasteiger partial charge in [0.2, 0.25) is 5.88 Å². The predicted molar refractivity (Wildman–Crippen MR) is 62.6 cm³/mol. The van der Waals surface area contributed by atoms with Gasteiger partial charge < -0.3 is 10.1 Å². The van der Waals surface area contributed by atoms with Crippen LogP contribution in [0, 0.1) is 0 Å². The number of nitrogens with one attached hydrogen (secondary N) is 1. The molecular formula is C10H14N2O2S. The number of rotatable bonds is 2. The van der Waals surface area contributed by atoms with Crippen molar-refractivity contribution in [2.75, 3.05) is 12.4 Å². The number of hydrogen-bond donors (Lipinski definition) is 2. The van der Waals surface area contributed by atoms with E-state index in [2.05, 4.69) is 22.9 Å². The van der Waals surface area contributed by atoms with E-state index < -0.39 is 5.24 Å². The third kappa shape index (κ3) is 5.96. The number of aromatic nitrogens is 1. The first-order valence-electron chi connectivity index (χ1n) is 4.72. The molecule has 0 bridgehead atoms. The molecule has 1 aliphatic carbocycles. The summed E-state index contributed by atoms with van der Waals surface area (Å²) in [6, 6.07) is 3.33. The summed E-state index contributed by atoms with van der Waals surface area (Å²) in [5.74, 6) is 0.507. The molecule has 1 heterocycles. The van der Waals surface area contributed by atoms with Gasteiger partial charge in [0.25, 0.3) is 5.24 Å². The predicted octanol–water partition coefficient (Wildman–Crippen LogP) is 2.72. The summed E-state index contributed by atoms with van der Waals surface area (Å²) in [6.07, 6.45) is 5.99. The van der Waals surface area contributed by atoms with Gasteiger partial charge in [0.05, 0.1) is 19.0 Å². The Morgan fingerprint density at radius 3 is 2.47 bits per heavy atom. The molecular weight excluding hydrogens is 212 g/mol. The van der Waals surface area contributed by atoms with Crippen molar-refractivity contribution in [3.05, 3.63) is 18.3 Å². The van der Waals surface area contributed by atoms with E-state index >= 15 is 0 Å². The number of nitrogens with zero attached hydrogens (tertiary/aromatic N) is 1. The summed E-state index contributed by atoms with van der Waals surface area (Å²) in [5.41, 5.74) is 0.593. The van der Waals surface area contributed by atoms with Gasteiger partial charge in [-0.05, 0) is 6.07 Å². The van der Waals surface area contributed by atoms with Crippen LogP contribution in [-0.4, -0.2) is 17.3 Å². The third-order valence-corrected chi connectivity index (χ3v) is 1.66. The maximum Gasteiger partial charge on any atom is 0.280 e. The molecule has 2 rings (SSSR count). The molecule has 1 aromatic heterocycles. The van der Waals surface area contributed by atoms with Crippen LogP contribution in [0.2, 0.25) is 0 Å². The zero-order valence-electron chi connectivity index (χ0n) is 8.56. The molecule has 1 amide bonds. The number of ether oxygens (including phenoxy) is 1. The second kappa shape index (κ2) is 6.29. The summed E-state index contributed by atoms with van der Waals surface area (Å²) in [7, 11) is 1.53. The average molecular weight is 226 g/mol. The van der Waals surface area contributed by atoms with Gasteiger partial charge in [-0.1, -0.05) is 31.9 Å². The van der Waals surface area contributed by atoms with Crippen LogP contribution >= 0.6 is 12.6 Å². The van der Waals surface area contributed by atoms with Gasteiger partial charge in [-0.15, -0.1) is 0 Å². The highest BCUT2D eigenvalue weighted by Gasteiger charge is 1.96. The number of methoxy groups -OCH3 is 1. The molecule has 15 heavy (non-hydrogen) atoms. The van der Waals surface area contributed by atoms with E-state index in [1.165, 1.54) is 32.6 Å². The molecule has 5 heteroatoms. The minimum absolute atomic E-state index is 0.415. The first-order valence-corrected chi connectivity index (χ1v) is 5.17. The Hall–Kier alpha value is -1.23. The van der Waals surface area contributed by atoms with Gasteiger partial charge in [0.1, 0.15) is 0 Å². The highest BCUT2D eigenvalue weighted by Crippen LogP contribution is 2.14. The van der Waals surface area contributed by atoms with Gasteiger partial charge >= 0.3 is 0 Å². The number of amides is 1. The lowest BCUT2D eigenvalue weighted by Crippen LogP contribution is -2.01. The van der Waals surface area contributed by atoms with Crippen LogP contribution in [-0.2, 0) is 0 Å². The minimum Gasteiger partial charge on any atom is -0.481 e. The Morgan fingerprint density at radius 1 is 1.47 bits per heavy atom. The number of thiol groups is 1. The van der Waals surface area contributed by atoms with Gasteiger partial charge in [-0.3, -0.25) is 4.79 Å². The molecule has 1 N–H and O–H groups in total. The summed E-state index contributed by atoms with van der Waals surface area (Å²) in [4.78, 5) is 14.3. The Bertz CT molecular complexity index is 309. The summed E-state index contributed by atoms with van der Waals surface area (Å²) >= 11 is 3.55.